The van der Waals surface area contributed by atoms with Gasteiger partial charge in [0.15, 0.2) is 6.61 Å². The minimum atomic E-state index is -0.412. The van der Waals surface area contributed by atoms with E-state index in [-0.39, 0.29) is 24.4 Å². The fourth-order valence-electron chi connectivity index (χ4n) is 3.12. The Morgan fingerprint density at radius 3 is 2.45 bits per heavy atom. The zero-order chi connectivity index (χ0) is 15.7. The van der Waals surface area contributed by atoms with Gasteiger partial charge in [0.1, 0.15) is 0 Å². The highest BCUT2D eigenvalue weighted by molar-refractivity contribution is 6.35. The van der Waals surface area contributed by atoms with E-state index in [0.717, 1.165) is 12.8 Å². The van der Waals surface area contributed by atoms with Crippen LogP contribution < -0.4 is 5.32 Å². The lowest BCUT2D eigenvalue weighted by atomic mass is 9.94. The molecule has 1 aromatic rings. The monoisotopic (exact) mass is 339 g/mol. The molecule has 1 aromatic carbocycles. The van der Waals surface area contributed by atoms with Gasteiger partial charge >= 0.3 is 5.97 Å². The second-order valence-corrected chi connectivity index (χ2v) is 6.57. The van der Waals surface area contributed by atoms with Gasteiger partial charge in [-0.05, 0) is 42.9 Å². The van der Waals surface area contributed by atoms with Crippen molar-refractivity contribution < 1.29 is 14.3 Å². The summed E-state index contributed by atoms with van der Waals surface area (Å²) >= 11 is 11.7. The zero-order valence-corrected chi connectivity index (χ0v) is 13.2. The van der Waals surface area contributed by atoms with Crippen LogP contribution >= 0.6 is 23.2 Å². The molecule has 2 aliphatic carbocycles. The third kappa shape index (κ3) is 3.45. The molecule has 3 atom stereocenters. The Morgan fingerprint density at radius 1 is 1.14 bits per heavy atom. The van der Waals surface area contributed by atoms with Crippen molar-refractivity contribution in [3.63, 3.8) is 0 Å². The van der Waals surface area contributed by atoms with Crippen molar-refractivity contribution in [1.29, 1.82) is 0 Å². The Hall–Kier alpha value is -1.52. The summed E-state index contributed by atoms with van der Waals surface area (Å²) in [7, 11) is 0. The van der Waals surface area contributed by atoms with Crippen molar-refractivity contribution in [2.75, 3.05) is 11.9 Å². The normalized spacial score (nSPS) is 25.3. The molecular formula is C16H15Cl2NO3. The molecule has 0 radical (unpaired) electrons. The Kier molecular flexibility index (Phi) is 4.41. The summed E-state index contributed by atoms with van der Waals surface area (Å²) in [4.78, 5) is 23.8. The largest absolute Gasteiger partial charge is 0.455 e. The van der Waals surface area contributed by atoms with E-state index in [1.807, 2.05) is 0 Å². The lowest BCUT2D eigenvalue weighted by Crippen LogP contribution is -2.26. The molecule has 0 aromatic heterocycles. The lowest BCUT2D eigenvalue weighted by molar-refractivity contribution is -0.152. The number of rotatable bonds is 4. The second kappa shape index (κ2) is 6.31. The number of benzene rings is 1. The number of halogens is 2. The van der Waals surface area contributed by atoms with Crippen LogP contribution in [0.1, 0.15) is 12.8 Å². The van der Waals surface area contributed by atoms with Gasteiger partial charge in [-0.2, -0.15) is 0 Å². The van der Waals surface area contributed by atoms with Crippen LogP contribution in [-0.4, -0.2) is 18.5 Å². The van der Waals surface area contributed by atoms with Crippen LogP contribution in [0.15, 0.2) is 30.4 Å². The molecule has 1 N–H and O–H groups in total. The smallest absolute Gasteiger partial charge is 0.310 e. The van der Waals surface area contributed by atoms with Crippen LogP contribution in [0, 0.1) is 17.8 Å². The lowest BCUT2D eigenvalue weighted by Gasteiger charge is -2.16. The molecule has 1 saturated carbocycles. The van der Waals surface area contributed by atoms with Crippen molar-refractivity contribution in [3.05, 3.63) is 40.4 Å². The Bertz CT molecular complexity index is 624. The standard InChI is InChI=1S/C16H15Cl2NO3/c17-11-5-12(18)7-13(6-11)19-15(20)8-22-16(21)14-4-9-1-2-10(14)3-9/h1-2,5-7,9-10,14H,3-4,8H2,(H,19,20)/t9-,10-,14-/m0/s1. The minimum absolute atomic E-state index is 0.108. The first kappa shape index (κ1) is 15.4. The van der Waals surface area contributed by atoms with Crippen molar-refractivity contribution in [2.24, 2.45) is 17.8 Å². The third-order valence-corrected chi connectivity index (χ3v) is 4.51. The highest BCUT2D eigenvalue weighted by atomic mass is 35.5. The van der Waals surface area contributed by atoms with Crippen LogP contribution in [0.4, 0.5) is 5.69 Å². The molecule has 0 unspecified atom stereocenters. The van der Waals surface area contributed by atoms with E-state index in [9.17, 15) is 9.59 Å². The molecule has 1 fully saturated rings. The van der Waals surface area contributed by atoms with E-state index in [2.05, 4.69) is 17.5 Å². The van der Waals surface area contributed by atoms with Crippen LogP contribution in [-0.2, 0) is 14.3 Å². The first-order valence-electron chi connectivity index (χ1n) is 7.12. The number of hydrogen-bond donors (Lipinski definition) is 1. The number of anilines is 1. The molecule has 6 heteroatoms. The van der Waals surface area contributed by atoms with Gasteiger partial charge in [-0.15, -0.1) is 0 Å². The fourth-order valence-corrected chi connectivity index (χ4v) is 3.64. The zero-order valence-electron chi connectivity index (χ0n) is 11.7. The van der Waals surface area contributed by atoms with Crippen molar-refractivity contribution in [3.8, 4) is 0 Å². The number of carbonyl (C=O) groups is 2. The summed E-state index contributed by atoms with van der Waals surface area (Å²) in [6.45, 7) is -0.305. The first-order chi connectivity index (χ1) is 10.5. The van der Waals surface area contributed by atoms with E-state index < -0.39 is 5.91 Å². The average Bonchev–Trinajstić information content (AvgIpc) is 3.06. The quantitative estimate of drug-likeness (QED) is 0.672. The van der Waals surface area contributed by atoms with Gasteiger partial charge in [-0.3, -0.25) is 9.59 Å². The number of esters is 1. The summed E-state index contributed by atoms with van der Waals surface area (Å²) in [5.41, 5.74) is 0.474. The van der Waals surface area contributed by atoms with Gasteiger partial charge < -0.3 is 10.1 Å². The van der Waals surface area contributed by atoms with Crippen LogP contribution in [0.25, 0.3) is 0 Å². The summed E-state index contributed by atoms with van der Waals surface area (Å²) in [5.74, 6) is -0.0535. The van der Waals surface area contributed by atoms with E-state index in [0.29, 0.717) is 21.7 Å². The maximum atomic E-state index is 12.0. The number of hydrogen-bond acceptors (Lipinski definition) is 3. The van der Waals surface area contributed by atoms with Gasteiger partial charge in [0.05, 0.1) is 5.92 Å². The van der Waals surface area contributed by atoms with Gasteiger partial charge in [0.2, 0.25) is 0 Å². The number of allylic oxidation sites excluding steroid dienone is 2. The molecule has 1 amide bonds. The average molecular weight is 340 g/mol. The molecule has 22 heavy (non-hydrogen) atoms. The van der Waals surface area contributed by atoms with Crippen LogP contribution in [0.2, 0.25) is 10.0 Å². The molecule has 3 rings (SSSR count). The Labute approximate surface area is 138 Å². The Balaban J connectivity index is 1.50. The van der Waals surface area contributed by atoms with Crippen molar-refractivity contribution in [2.45, 2.75) is 12.8 Å². The minimum Gasteiger partial charge on any atom is -0.455 e. The summed E-state index contributed by atoms with van der Waals surface area (Å²) in [6, 6.07) is 4.73. The maximum Gasteiger partial charge on any atom is 0.310 e. The molecule has 2 bridgehead atoms. The van der Waals surface area contributed by atoms with Crippen molar-refractivity contribution >= 4 is 40.8 Å². The molecular weight excluding hydrogens is 325 g/mol. The first-order valence-corrected chi connectivity index (χ1v) is 7.88. The van der Waals surface area contributed by atoms with E-state index in [1.165, 1.54) is 0 Å². The number of carbonyl (C=O) groups excluding carboxylic acids is 2. The van der Waals surface area contributed by atoms with Gasteiger partial charge in [-0.1, -0.05) is 35.4 Å². The van der Waals surface area contributed by atoms with Gasteiger partial charge in [-0.25, -0.2) is 0 Å². The third-order valence-electron chi connectivity index (χ3n) is 4.07. The molecule has 0 spiro atoms. The number of amides is 1. The van der Waals surface area contributed by atoms with Crippen LogP contribution in [0.3, 0.4) is 0 Å². The second-order valence-electron chi connectivity index (χ2n) is 5.70. The number of fused-ring (bicyclic) bond motifs is 2. The highest BCUT2D eigenvalue weighted by Gasteiger charge is 2.40. The van der Waals surface area contributed by atoms with E-state index >= 15 is 0 Å². The summed E-state index contributed by atoms with van der Waals surface area (Å²) in [6.07, 6.45) is 6.08. The highest BCUT2D eigenvalue weighted by Crippen LogP contribution is 2.43. The predicted octanol–water partition coefficient (Wildman–Crippen LogP) is 3.69. The number of nitrogens with one attached hydrogen (secondary N) is 1. The van der Waals surface area contributed by atoms with Gasteiger partial charge in [0.25, 0.3) is 5.91 Å². The predicted molar refractivity (Wildman–Crippen MR) is 84.9 cm³/mol. The topological polar surface area (TPSA) is 55.4 Å². The summed E-state index contributed by atoms with van der Waals surface area (Å²) in [5, 5.41) is 3.45. The number of ether oxygens (including phenoxy) is 1. The van der Waals surface area contributed by atoms with Crippen molar-refractivity contribution in [1.82, 2.24) is 0 Å². The molecule has 4 nitrogen and oxygen atoms in total. The molecule has 2 aliphatic rings. The maximum absolute atomic E-state index is 12.0. The molecule has 116 valence electrons. The molecule has 0 aliphatic heterocycles. The molecule has 0 heterocycles. The fraction of sp³-hybridized carbons (Fsp3) is 0.375. The van der Waals surface area contributed by atoms with Gasteiger partial charge in [0, 0.05) is 15.7 Å². The van der Waals surface area contributed by atoms with E-state index in [1.54, 1.807) is 18.2 Å². The Morgan fingerprint density at radius 2 is 1.86 bits per heavy atom. The molecule has 0 saturated heterocycles. The van der Waals surface area contributed by atoms with Crippen LogP contribution in [0.5, 0.6) is 0 Å². The SMILES string of the molecule is O=C(COC(=O)[C@H]1C[C@H]2C=C[C@H]1C2)Nc1cc(Cl)cc(Cl)c1. The summed E-state index contributed by atoms with van der Waals surface area (Å²) < 4.78 is 5.12. The van der Waals surface area contributed by atoms with E-state index in [4.69, 9.17) is 27.9 Å².